The van der Waals surface area contributed by atoms with Gasteiger partial charge in [-0.05, 0) is 34.1 Å². The zero-order valence-corrected chi connectivity index (χ0v) is 10.1. The van der Waals surface area contributed by atoms with Gasteiger partial charge in [0, 0.05) is 11.1 Å². The van der Waals surface area contributed by atoms with Gasteiger partial charge >= 0.3 is 0 Å². The summed E-state index contributed by atoms with van der Waals surface area (Å²) in [5.41, 5.74) is 0.477. The second-order valence-electron chi connectivity index (χ2n) is 2.86. The van der Waals surface area contributed by atoms with Crippen molar-refractivity contribution >= 4 is 33.2 Å². The van der Waals surface area contributed by atoms with Gasteiger partial charge in [0.1, 0.15) is 5.69 Å². The van der Waals surface area contributed by atoms with E-state index in [-0.39, 0.29) is 5.91 Å². The first-order valence-electron chi connectivity index (χ1n) is 4.27. The Labute approximate surface area is 98.8 Å². The summed E-state index contributed by atoms with van der Waals surface area (Å²) in [6.07, 6.45) is 1.55. The number of amides is 1. The van der Waals surface area contributed by atoms with E-state index in [2.05, 4.69) is 31.4 Å². The highest BCUT2D eigenvalue weighted by Gasteiger charge is 2.06. The second kappa shape index (κ2) is 4.59. The van der Waals surface area contributed by atoms with Gasteiger partial charge in [0.25, 0.3) is 5.91 Å². The van der Waals surface area contributed by atoms with Gasteiger partial charge < -0.3 is 5.32 Å². The number of hydrogen-bond donors (Lipinski definition) is 2. The number of rotatable bonds is 3. The molecule has 6 heteroatoms. The van der Waals surface area contributed by atoms with Crippen LogP contribution in [0.5, 0.6) is 0 Å². The first kappa shape index (κ1) is 10.4. The lowest BCUT2D eigenvalue weighted by Gasteiger charge is -2.00. The van der Waals surface area contributed by atoms with Crippen LogP contribution >= 0.6 is 27.3 Å². The largest absolute Gasteiger partial charge is 0.346 e. The molecule has 2 aromatic rings. The van der Waals surface area contributed by atoms with Crippen molar-refractivity contribution in [3.8, 4) is 0 Å². The molecule has 0 saturated heterocycles. The Morgan fingerprint density at radius 1 is 1.53 bits per heavy atom. The highest BCUT2D eigenvalue weighted by Crippen LogP contribution is 2.21. The molecule has 0 aromatic carbocycles. The number of nitrogens with zero attached hydrogens (tertiary/aromatic N) is 1. The number of halogens is 1. The van der Waals surface area contributed by atoms with Crippen LogP contribution in [0.25, 0.3) is 0 Å². The molecule has 78 valence electrons. The first-order valence-corrected chi connectivity index (χ1v) is 5.88. The fourth-order valence-electron chi connectivity index (χ4n) is 1.09. The van der Waals surface area contributed by atoms with Crippen LogP contribution < -0.4 is 5.32 Å². The molecule has 2 N–H and O–H groups in total. The second-order valence-corrected chi connectivity index (χ2v) is 5.41. The van der Waals surface area contributed by atoms with Crippen molar-refractivity contribution in [2.45, 2.75) is 6.54 Å². The van der Waals surface area contributed by atoms with E-state index in [1.807, 2.05) is 12.1 Å². The van der Waals surface area contributed by atoms with Crippen LogP contribution in [0, 0.1) is 0 Å². The molecule has 0 aliphatic carbocycles. The summed E-state index contributed by atoms with van der Waals surface area (Å²) < 4.78 is 1.06. The van der Waals surface area contributed by atoms with Crippen LogP contribution in [0.4, 0.5) is 0 Å². The van der Waals surface area contributed by atoms with E-state index in [0.717, 1.165) is 8.66 Å². The molecule has 0 aliphatic rings. The molecule has 0 bridgehead atoms. The van der Waals surface area contributed by atoms with Gasteiger partial charge in [0.2, 0.25) is 0 Å². The lowest BCUT2D eigenvalue weighted by molar-refractivity contribution is 0.0946. The Hall–Kier alpha value is -1.14. The lowest BCUT2D eigenvalue weighted by Crippen LogP contribution is -2.22. The number of aromatic amines is 1. The molecule has 0 radical (unpaired) electrons. The van der Waals surface area contributed by atoms with Crippen molar-refractivity contribution in [3.63, 3.8) is 0 Å². The molecule has 0 spiro atoms. The van der Waals surface area contributed by atoms with Gasteiger partial charge in [-0.15, -0.1) is 11.3 Å². The highest BCUT2D eigenvalue weighted by molar-refractivity contribution is 9.11. The summed E-state index contributed by atoms with van der Waals surface area (Å²) in [4.78, 5) is 12.6. The lowest BCUT2D eigenvalue weighted by atomic mass is 10.4. The molecule has 0 fully saturated rings. The SMILES string of the molecule is O=C(NCc1ccc(Br)s1)c1ccn[nH]1. The Balaban J connectivity index is 1.91. The smallest absolute Gasteiger partial charge is 0.269 e. The first-order chi connectivity index (χ1) is 7.25. The van der Waals surface area contributed by atoms with Crippen molar-refractivity contribution in [2.75, 3.05) is 0 Å². The molecule has 0 saturated carbocycles. The summed E-state index contributed by atoms with van der Waals surface area (Å²) in [5.74, 6) is -0.142. The summed E-state index contributed by atoms with van der Waals surface area (Å²) in [7, 11) is 0. The van der Waals surface area contributed by atoms with Crippen molar-refractivity contribution < 1.29 is 4.79 Å². The van der Waals surface area contributed by atoms with E-state index in [9.17, 15) is 4.79 Å². The summed E-state index contributed by atoms with van der Waals surface area (Å²) in [6.45, 7) is 0.536. The molecule has 2 aromatic heterocycles. The molecular weight excluding hydrogens is 278 g/mol. The molecule has 2 rings (SSSR count). The third-order valence-electron chi connectivity index (χ3n) is 1.80. The molecule has 4 nitrogen and oxygen atoms in total. The molecule has 2 heterocycles. The molecule has 0 aliphatic heterocycles. The van der Waals surface area contributed by atoms with E-state index in [1.165, 1.54) is 0 Å². The summed E-state index contributed by atoms with van der Waals surface area (Å²) in [5, 5.41) is 9.12. The maximum atomic E-state index is 11.5. The standard InChI is InChI=1S/C9H8BrN3OS/c10-8-2-1-6(15-8)5-11-9(14)7-3-4-12-13-7/h1-4H,5H2,(H,11,14)(H,12,13). The quantitative estimate of drug-likeness (QED) is 0.908. The monoisotopic (exact) mass is 285 g/mol. The van der Waals surface area contributed by atoms with Crippen molar-refractivity contribution in [2.24, 2.45) is 0 Å². The van der Waals surface area contributed by atoms with Crippen LogP contribution in [0.1, 0.15) is 15.4 Å². The minimum absolute atomic E-state index is 0.142. The van der Waals surface area contributed by atoms with Crippen LogP contribution in [-0.4, -0.2) is 16.1 Å². The van der Waals surface area contributed by atoms with Gasteiger partial charge in [-0.3, -0.25) is 9.89 Å². The average molecular weight is 286 g/mol. The van der Waals surface area contributed by atoms with Gasteiger partial charge in [-0.2, -0.15) is 5.10 Å². The third kappa shape index (κ3) is 2.66. The normalized spacial score (nSPS) is 10.2. The molecule has 1 amide bonds. The van der Waals surface area contributed by atoms with Crippen LogP contribution in [0.3, 0.4) is 0 Å². The average Bonchev–Trinajstić information content (AvgIpc) is 2.84. The van der Waals surface area contributed by atoms with Crippen LogP contribution in [0.2, 0.25) is 0 Å². The highest BCUT2D eigenvalue weighted by atomic mass is 79.9. The minimum atomic E-state index is -0.142. The van der Waals surface area contributed by atoms with E-state index in [0.29, 0.717) is 12.2 Å². The number of aromatic nitrogens is 2. The van der Waals surface area contributed by atoms with E-state index in [1.54, 1.807) is 23.6 Å². The molecule has 0 unspecified atom stereocenters. The zero-order valence-electron chi connectivity index (χ0n) is 7.66. The Bertz CT molecular complexity index is 452. The van der Waals surface area contributed by atoms with Gasteiger partial charge in [0.15, 0.2) is 0 Å². The Kier molecular flexibility index (Phi) is 3.17. The Morgan fingerprint density at radius 2 is 2.40 bits per heavy atom. The minimum Gasteiger partial charge on any atom is -0.346 e. The summed E-state index contributed by atoms with van der Waals surface area (Å²) >= 11 is 4.97. The van der Waals surface area contributed by atoms with Crippen LogP contribution in [-0.2, 0) is 6.54 Å². The number of carbonyl (C=O) groups excluding carboxylic acids is 1. The zero-order chi connectivity index (χ0) is 10.7. The fourth-order valence-corrected chi connectivity index (χ4v) is 2.51. The van der Waals surface area contributed by atoms with Gasteiger partial charge in [-0.1, -0.05) is 0 Å². The van der Waals surface area contributed by atoms with Crippen molar-refractivity contribution in [1.29, 1.82) is 0 Å². The van der Waals surface area contributed by atoms with Crippen molar-refractivity contribution in [3.05, 3.63) is 38.8 Å². The fraction of sp³-hybridized carbons (Fsp3) is 0.111. The predicted octanol–water partition coefficient (Wildman–Crippen LogP) is 2.16. The summed E-state index contributed by atoms with van der Waals surface area (Å²) in [6, 6.07) is 5.57. The van der Waals surface area contributed by atoms with E-state index >= 15 is 0 Å². The number of thiophene rings is 1. The molecule has 0 atom stereocenters. The Morgan fingerprint density at radius 3 is 3.00 bits per heavy atom. The van der Waals surface area contributed by atoms with E-state index < -0.39 is 0 Å². The van der Waals surface area contributed by atoms with Gasteiger partial charge in [0.05, 0.1) is 10.3 Å². The molecular formula is C9H8BrN3OS. The molecule has 15 heavy (non-hydrogen) atoms. The number of carbonyl (C=O) groups is 1. The maximum absolute atomic E-state index is 11.5. The van der Waals surface area contributed by atoms with Gasteiger partial charge in [-0.25, -0.2) is 0 Å². The van der Waals surface area contributed by atoms with Crippen molar-refractivity contribution in [1.82, 2.24) is 15.5 Å². The third-order valence-corrected chi connectivity index (χ3v) is 3.42. The number of H-pyrrole nitrogens is 1. The van der Waals surface area contributed by atoms with E-state index in [4.69, 9.17) is 0 Å². The maximum Gasteiger partial charge on any atom is 0.269 e. The van der Waals surface area contributed by atoms with Crippen LogP contribution in [0.15, 0.2) is 28.2 Å². The number of hydrogen-bond acceptors (Lipinski definition) is 3. The predicted molar refractivity (Wildman–Crippen MR) is 61.8 cm³/mol. The topological polar surface area (TPSA) is 57.8 Å². The number of nitrogens with one attached hydrogen (secondary N) is 2.